The van der Waals surface area contributed by atoms with Crippen molar-refractivity contribution in [2.24, 2.45) is 11.8 Å². The van der Waals surface area contributed by atoms with E-state index in [1.807, 2.05) is 13.8 Å². The van der Waals surface area contributed by atoms with E-state index in [1.165, 1.54) is 24.3 Å². The summed E-state index contributed by atoms with van der Waals surface area (Å²) in [6, 6.07) is 5.47. The molecule has 0 bridgehead atoms. The van der Waals surface area contributed by atoms with Crippen molar-refractivity contribution in [3.63, 3.8) is 0 Å². The number of halogens is 1. The molecule has 2 rings (SSSR count). The first-order valence-corrected chi connectivity index (χ1v) is 7.30. The number of ketones is 1. The summed E-state index contributed by atoms with van der Waals surface area (Å²) in [4.78, 5) is 24.8. The Hall–Kier alpha value is -2.17. The van der Waals surface area contributed by atoms with Crippen LogP contribution in [0.4, 0.5) is 4.39 Å². The van der Waals surface area contributed by atoms with E-state index < -0.39 is 11.8 Å². The first-order chi connectivity index (χ1) is 10.5. The number of carbonyl (C=O) groups is 2. The third-order valence-corrected chi connectivity index (χ3v) is 3.61. The summed E-state index contributed by atoms with van der Waals surface area (Å²) in [7, 11) is 0. The molecule has 0 saturated carbocycles. The van der Waals surface area contributed by atoms with Gasteiger partial charge in [-0.05, 0) is 37.1 Å². The second-order valence-electron chi connectivity index (χ2n) is 5.46. The molecule has 4 nitrogen and oxygen atoms in total. The highest BCUT2D eigenvalue weighted by Crippen LogP contribution is 2.32. The number of carbonyl (C=O) groups excluding carboxylic acids is 2. The van der Waals surface area contributed by atoms with Crippen molar-refractivity contribution in [3.8, 4) is 0 Å². The molecule has 1 unspecified atom stereocenters. The molecule has 0 fully saturated rings. The molecule has 0 aliphatic carbocycles. The van der Waals surface area contributed by atoms with Crippen LogP contribution in [0, 0.1) is 17.7 Å². The summed E-state index contributed by atoms with van der Waals surface area (Å²) in [5.74, 6) is -1.55. The minimum absolute atomic E-state index is 0.0479. The van der Waals surface area contributed by atoms with Gasteiger partial charge in [-0.1, -0.05) is 13.8 Å². The molecule has 1 aromatic rings. The molecule has 1 atom stereocenters. The van der Waals surface area contributed by atoms with Gasteiger partial charge in [-0.25, -0.2) is 9.18 Å². The minimum Gasteiger partial charge on any atom is -0.491 e. The van der Waals surface area contributed by atoms with Crippen LogP contribution in [0.3, 0.4) is 0 Å². The highest BCUT2D eigenvalue weighted by molar-refractivity contribution is 6.23. The van der Waals surface area contributed by atoms with E-state index in [9.17, 15) is 14.0 Å². The van der Waals surface area contributed by atoms with E-state index in [2.05, 4.69) is 0 Å². The number of hydrogen-bond donors (Lipinski definition) is 0. The summed E-state index contributed by atoms with van der Waals surface area (Å²) in [5.41, 5.74) is 0.401. The van der Waals surface area contributed by atoms with E-state index in [-0.39, 0.29) is 42.2 Å². The van der Waals surface area contributed by atoms with E-state index >= 15 is 0 Å². The summed E-state index contributed by atoms with van der Waals surface area (Å²) in [6.45, 7) is 5.84. The van der Waals surface area contributed by atoms with Gasteiger partial charge in [0, 0.05) is 5.56 Å². The molecular formula is C17H19FO4. The quantitative estimate of drug-likeness (QED) is 0.634. The first-order valence-electron chi connectivity index (χ1n) is 7.30. The predicted octanol–water partition coefficient (Wildman–Crippen LogP) is 2.97. The van der Waals surface area contributed by atoms with Crippen molar-refractivity contribution in [1.82, 2.24) is 0 Å². The molecule has 118 valence electrons. The van der Waals surface area contributed by atoms with Gasteiger partial charge in [0.2, 0.25) is 0 Å². The van der Waals surface area contributed by atoms with Crippen LogP contribution in [0.15, 0.2) is 29.8 Å². The Bertz CT molecular complexity index is 602. The van der Waals surface area contributed by atoms with Crippen LogP contribution in [0.25, 0.3) is 5.76 Å². The Morgan fingerprint density at radius 2 is 2.00 bits per heavy atom. The molecule has 0 N–H and O–H groups in total. The monoisotopic (exact) mass is 306 g/mol. The Kier molecular flexibility index (Phi) is 4.96. The zero-order valence-electron chi connectivity index (χ0n) is 12.9. The maximum Gasteiger partial charge on any atom is 0.345 e. The van der Waals surface area contributed by atoms with Gasteiger partial charge in [-0.3, -0.25) is 4.79 Å². The normalized spacial score (nSPS) is 18.4. The van der Waals surface area contributed by atoms with Gasteiger partial charge in [0.05, 0.1) is 19.1 Å². The van der Waals surface area contributed by atoms with Crippen LogP contribution in [0.1, 0.15) is 26.3 Å². The highest BCUT2D eigenvalue weighted by Gasteiger charge is 2.38. The Balaban J connectivity index is 2.50. The van der Waals surface area contributed by atoms with Crippen molar-refractivity contribution >= 4 is 17.5 Å². The van der Waals surface area contributed by atoms with E-state index in [4.69, 9.17) is 9.47 Å². The van der Waals surface area contributed by atoms with Crippen LogP contribution in [0.5, 0.6) is 0 Å². The predicted molar refractivity (Wildman–Crippen MR) is 79.2 cm³/mol. The van der Waals surface area contributed by atoms with Crippen molar-refractivity contribution in [3.05, 3.63) is 41.2 Å². The van der Waals surface area contributed by atoms with Gasteiger partial charge in [-0.2, -0.15) is 0 Å². The summed E-state index contributed by atoms with van der Waals surface area (Å²) in [6.07, 6.45) is 0. The van der Waals surface area contributed by atoms with Crippen LogP contribution < -0.4 is 0 Å². The van der Waals surface area contributed by atoms with Crippen LogP contribution in [0.2, 0.25) is 0 Å². The molecule has 1 heterocycles. The lowest BCUT2D eigenvalue weighted by atomic mass is 9.85. The molecule has 0 radical (unpaired) electrons. The third kappa shape index (κ3) is 3.18. The number of benzene rings is 1. The largest absolute Gasteiger partial charge is 0.491 e. The summed E-state index contributed by atoms with van der Waals surface area (Å²) >= 11 is 0. The lowest BCUT2D eigenvalue weighted by Crippen LogP contribution is -2.35. The topological polar surface area (TPSA) is 52.6 Å². The molecule has 0 aromatic heterocycles. The minimum atomic E-state index is -0.697. The maximum absolute atomic E-state index is 13.1. The molecule has 1 aliphatic rings. The molecule has 22 heavy (non-hydrogen) atoms. The van der Waals surface area contributed by atoms with E-state index in [1.54, 1.807) is 6.92 Å². The lowest BCUT2D eigenvalue weighted by molar-refractivity contribution is -0.141. The summed E-state index contributed by atoms with van der Waals surface area (Å²) in [5, 5.41) is 0. The number of rotatable bonds is 4. The summed E-state index contributed by atoms with van der Waals surface area (Å²) < 4.78 is 23.7. The number of Topliss-reactive ketones (excluding diaryl/α,β-unsaturated/α-hetero) is 1. The number of hydrogen-bond acceptors (Lipinski definition) is 4. The van der Waals surface area contributed by atoms with Crippen LogP contribution >= 0.6 is 0 Å². The molecule has 0 amide bonds. The van der Waals surface area contributed by atoms with E-state index in [0.717, 1.165) is 0 Å². The lowest BCUT2D eigenvalue weighted by Gasteiger charge is -2.28. The molecule has 1 aliphatic heterocycles. The Morgan fingerprint density at radius 1 is 1.36 bits per heavy atom. The van der Waals surface area contributed by atoms with Gasteiger partial charge >= 0.3 is 5.97 Å². The second-order valence-corrected chi connectivity index (χ2v) is 5.46. The van der Waals surface area contributed by atoms with Crippen molar-refractivity contribution in [2.75, 3.05) is 13.2 Å². The van der Waals surface area contributed by atoms with Crippen LogP contribution in [-0.4, -0.2) is 25.0 Å². The SMILES string of the molecule is CCOC(=O)C1=C(c2ccc(F)cc2)OCC(C(C)C)C1=O. The fraction of sp³-hybridized carbons (Fsp3) is 0.412. The molecule has 5 heteroatoms. The molecule has 0 spiro atoms. The van der Waals surface area contributed by atoms with Gasteiger partial charge in [0.25, 0.3) is 0 Å². The average Bonchev–Trinajstić information content (AvgIpc) is 2.47. The average molecular weight is 306 g/mol. The van der Waals surface area contributed by atoms with Crippen molar-refractivity contribution in [2.45, 2.75) is 20.8 Å². The maximum atomic E-state index is 13.1. The first kappa shape index (κ1) is 16.2. The van der Waals surface area contributed by atoms with Gasteiger partial charge < -0.3 is 9.47 Å². The fourth-order valence-corrected chi connectivity index (χ4v) is 2.34. The zero-order valence-corrected chi connectivity index (χ0v) is 12.9. The zero-order chi connectivity index (χ0) is 16.3. The van der Waals surface area contributed by atoms with E-state index in [0.29, 0.717) is 5.56 Å². The molecule has 1 aromatic carbocycles. The smallest absolute Gasteiger partial charge is 0.345 e. The van der Waals surface area contributed by atoms with Crippen molar-refractivity contribution < 1.29 is 23.5 Å². The Labute approximate surface area is 128 Å². The number of esters is 1. The second kappa shape index (κ2) is 6.73. The standard InChI is InChI=1S/C17H19FO4/c1-4-21-17(20)14-15(19)13(10(2)3)9-22-16(14)11-5-7-12(18)8-6-11/h5-8,10,13H,4,9H2,1-3H3. The number of ether oxygens (including phenoxy) is 2. The third-order valence-electron chi connectivity index (χ3n) is 3.61. The van der Waals surface area contributed by atoms with Gasteiger partial charge in [0.15, 0.2) is 5.78 Å². The molecule has 0 saturated heterocycles. The highest BCUT2D eigenvalue weighted by atomic mass is 19.1. The van der Waals surface area contributed by atoms with Crippen molar-refractivity contribution in [1.29, 1.82) is 0 Å². The fourth-order valence-electron chi connectivity index (χ4n) is 2.34. The molecular weight excluding hydrogens is 287 g/mol. The van der Waals surface area contributed by atoms with Gasteiger partial charge in [0.1, 0.15) is 17.1 Å². The Morgan fingerprint density at radius 3 is 2.55 bits per heavy atom. The van der Waals surface area contributed by atoms with Crippen LogP contribution in [-0.2, 0) is 19.1 Å². The van der Waals surface area contributed by atoms with Gasteiger partial charge in [-0.15, -0.1) is 0 Å².